The maximum absolute atomic E-state index is 4.82. The molecule has 0 amide bonds. The fourth-order valence-corrected chi connectivity index (χ4v) is 4.01. The highest BCUT2D eigenvalue weighted by molar-refractivity contribution is 7.80. The number of aliphatic imine (C=N–C) groups is 1. The molecule has 1 aromatic rings. The van der Waals surface area contributed by atoms with Crippen molar-refractivity contribution in [1.29, 1.82) is 0 Å². The molecule has 0 unspecified atom stereocenters. The summed E-state index contributed by atoms with van der Waals surface area (Å²) in [5, 5.41) is 0. The van der Waals surface area contributed by atoms with E-state index in [1.54, 1.807) is 0 Å². The van der Waals surface area contributed by atoms with Crippen LogP contribution in [0.2, 0.25) is 0 Å². The lowest BCUT2D eigenvalue weighted by Gasteiger charge is -2.21. The Bertz CT molecular complexity index is 693. The fourth-order valence-electron chi connectivity index (χ4n) is 3.75. The van der Waals surface area contributed by atoms with Crippen LogP contribution in [0.3, 0.4) is 0 Å². The van der Waals surface area contributed by atoms with Crippen LogP contribution in [0.5, 0.6) is 0 Å². The molecule has 1 aromatic carbocycles. The van der Waals surface area contributed by atoms with Crippen LogP contribution in [0, 0.1) is 0 Å². The average Bonchev–Trinajstić information content (AvgIpc) is 3.31. The molecule has 0 saturated carbocycles. The summed E-state index contributed by atoms with van der Waals surface area (Å²) in [6.07, 6.45) is 12.8. The molecule has 126 valence electrons. The van der Waals surface area contributed by atoms with Gasteiger partial charge in [0.25, 0.3) is 0 Å². The second-order valence-corrected chi connectivity index (χ2v) is 7.31. The highest BCUT2D eigenvalue weighted by atomic mass is 32.1. The predicted molar refractivity (Wildman–Crippen MR) is 105 cm³/mol. The standard InChI is InChI=1S/C20H25N3S/c24-20-15-18(23-13-3-4-14-23)9-10-19(20)21-16-5-7-17(8-6-16)22-11-1-2-12-22/h5,7-10,15,24H,1-4,6,11-14H2. The molecule has 24 heavy (non-hydrogen) atoms. The molecule has 2 saturated heterocycles. The summed E-state index contributed by atoms with van der Waals surface area (Å²) in [7, 11) is 0. The van der Waals surface area contributed by atoms with Crippen LogP contribution in [0.4, 0.5) is 11.4 Å². The molecular formula is C20H25N3S. The smallest absolute Gasteiger partial charge is 0.0767 e. The average molecular weight is 340 g/mol. The van der Waals surface area contributed by atoms with Gasteiger partial charge in [0.1, 0.15) is 0 Å². The van der Waals surface area contributed by atoms with E-state index in [1.165, 1.54) is 50.2 Å². The number of hydrogen-bond donors (Lipinski definition) is 1. The monoisotopic (exact) mass is 339 g/mol. The number of thiol groups is 1. The van der Waals surface area contributed by atoms with E-state index in [0.29, 0.717) is 0 Å². The molecule has 2 heterocycles. The first-order valence-corrected chi connectivity index (χ1v) is 9.53. The quantitative estimate of drug-likeness (QED) is 0.812. The van der Waals surface area contributed by atoms with Gasteiger partial charge in [0.05, 0.1) is 5.69 Å². The highest BCUT2D eigenvalue weighted by Gasteiger charge is 2.16. The molecule has 0 N–H and O–H groups in total. The Labute approximate surface area is 150 Å². The highest BCUT2D eigenvalue weighted by Crippen LogP contribution is 2.31. The lowest BCUT2D eigenvalue weighted by molar-refractivity contribution is 0.439. The zero-order valence-electron chi connectivity index (χ0n) is 14.1. The van der Waals surface area contributed by atoms with Crippen LogP contribution in [0.15, 0.2) is 52.0 Å². The molecule has 4 heteroatoms. The van der Waals surface area contributed by atoms with Gasteiger partial charge in [-0.15, -0.1) is 12.6 Å². The summed E-state index contributed by atoms with van der Waals surface area (Å²) in [6.45, 7) is 4.71. The van der Waals surface area contributed by atoms with E-state index >= 15 is 0 Å². The molecule has 0 atom stereocenters. The molecule has 2 aliphatic heterocycles. The molecule has 0 radical (unpaired) electrons. The minimum atomic E-state index is 0.906. The summed E-state index contributed by atoms with van der Waals surface area (Å²) in [5.74, 6) is 0. The van der Waals surface area contributed by atoms with Gasteiger partial charge >= 0.3 is 0 Å². The Morgan fingerprint density at radius 3 is 2.21 bits per heavy atom. The first kappa shape index (κ1) is 15.8. The summed E-state index contributed by atoms with van der Waals surface area (Å²) in [6, 6.07) is 6.45. The molecule has 4 rings (SSSR count). The maximum Gasteiger partial charge on any atom is 0.0767 e. The molecule has 0 bridgehead atoms. The van der Waals surface area contributed by atoms with Crippen molar-refractivity contribution in [3.8, 4) is 0 Å². The molecule has 0 spiro atoms. The lowest BCUT2D eigenvalue weighted by Crippen LogP contribution is -2.19. The van der Waals surface area contributed by atoms with Crippen LogP contribution >= 0.6 is 12.6 Å². The first-order chi connectivity index (χ1) is 11.8. The van der Waals surface area contributed by atoms with Crippen LogP contribution in [0.1, 0.15) is 32.1 Å². The van der Waals surface area contributed by atoms with Crippen LogP contribution in [-0.4, -0.2) is 36.8 Å². The van der Waals surface area contributed by atoms with Crippen molar-refractivity contribution < 1.29 is 0 Å². The van der Waals surface area contributed by atoms with Crippen molar-refractivity contribution in [2.24, 2.45) is 4.99 Å². The van der Waals surface area contributed by atoms with Gasteiger partial charge in [-0.1, -0.05) is 6.08 Å². The van der Waals surface area contributed by atoms with E-state index in [9.17, 15) is 0 Å². The fraction of sp³-hybridized carbons (Fsp3) is 0.450. The van der Waals surface area contributed by atoms with E-state index in [4.69, 9.17) is 4.99 Å². The van der Waals surface area contributed by atoms with Crippen LogP contribution in [-0.2, 0) is 0 Å². The maximum atomic E-state index is 4.82. The minimum absolute atomic E-state index is 0.906. The summed E-state index contributed by atoms with van der Waals surface area (Å²) in [5.41, 5.74) is 4.72. The van der Waals surface area contributed by atoms with Gasteiger partial charge in [0.15, 0.2) is 0 Å². The second kappa shape index (κ2) is 7.06. The van der Waals surface area contributed by atoms with Gasteiger partial charge in [0, 0.05) is 54.6 Å². The molecule has 2 fully saturated rings. The number of nitrogens with zero attached hydrogens (tertiary/aromatic N) is 3. The molecule has 0 aromatic heterocycles. The van der Waals surface area contributed by atoms with Crippen molar-refractivity contribution in [2.45, 2.75) is 37.0 Å². The van der Waals surface area contributed by atoms with Crippen LogP contribution < -0.4 is 4.90 Å². The van der Waals surface area contributed by atoms with E-state index in [2.05, 4.69) is 58.9 Å². The minimum Gasteiger partial charge on any atom is -0.372 e. The van der Waals surface area contributed by atoms with Crippen molar-refractivity contribution >= 4 is 29.7 Å². The Hall–Kier alpha value is -1.68. The molecular weight excluding hydrogens is 314 g/mol. The van der Waals surface area contributed by atoms with E-state index < -0.39 is 0 Å². The first-order valence-electron chi connectivity index (χ1n) is 9.08. The summed E-state index contributed by atoms with van der Waals surface area (Å²) < 4.78 is 0. The number of hydrogen-bond acceptors (Lipinski definition) is 4. The third-order valence-electron chi connectivity index (χ3n) is 5.13. The summed E-state index contributed by atoms with van der Waals surface area (Å²) >= 11 is 4.67. The lowest BCUT2D eigenvalue weighted by atomic mass is 10.1. The third kappa shape index (κ3) is 3.39. The van der Waals surface area contributed by atoms with Gasteiger partial charge in [-0.05, 0) is 56.0 Å². The summed E-state index contributed by atoms with van der Waals surface area (Å²) in [4.78, 5) is 10.7. The van der Waals surface area contributed by atoms with E-state index in [-0.39, 0.29) is 0 Å². The normalized spacial score (nSPS) is 22.5. The Balaban J connectivity index is 1.47. The zero-order chi connectivity index (χ0) is 16.4. The van der Waals surface area contributed by atoms with E-state index in [0.717, 1.165) is 35.8 Å². The Morgan fingerprint density at radius 2 is 1.58 bits per heavy atom. The molecule has 1 aliphatic carbocycles. The van der Waals surface area contributed by atoms with Crippen molar-refractivity contribution in [2.75, 3.05) is 31.1 Å². The van der Waals surface area contributed by atoms with Gasteiger partial charge in [0.2, 0.25) is 0 Å². The van der Waals surface area contributed by atoms with Crippen LogP contribution in [0.25, 0.3) is 0 Å². The van der Waals surface area contributed by atoms with Gasteiger partial charge in [-0.25, -0.2) is 0 Å². The SMILES string of the molecule is Sc1cc(N2CCCC2)ccc1N=C1C=CC(N2CCCC2)=CC1. The van der Waals surface area contributed by atoms with Gasteiger partial charge < -0.3 is 9.80 Å². The van der Waals surface area contributed by atoms with E-state index in [1.807, 2.05) is 0 Å². The Morgan fingerprint density at radius 1 is 0.875 bits per heavy atom. The van der Waals surface area contributed by atoms with Gasteiger partial charge in [-0.3, -0.25) is 4.99 Å². The zero-order valence-corrected chi connectivity index (χ0v) is 15.0. The number of rotatable bonds is 3. The number of benzene rings is 1. The topological polar surface area (TPSA) is 18.8 Å². The largest absolute Gasteiger partial charge is 0.372 e. The predicted octanol–water partition coefficient (Wildman–Crippen LogP) is 4.59. The van der Waals surface area contributed by atoms with Crippen molar-refractivity contribution in [3.63, 3.8) is 0 Å². The second-order valence-electron chi connectivity index (χ2n) is 6.83. The number of likely N-dealkylation sites (tertiary alicyclic amines) is 1. The van der Waals surface area contributed by atoms with Crippen molar-refractivity contribution in [1.82, 2.24) is 4.90 Å². The number of allylic oxidation sites excluding steroid dienone is 3. The van der Waals surface area contributed by atoms with Gasteiger partial charge in [-0.2, -0.15) is 0 Å². The third-order valence-corrected chi connectivity index (χ3v) is 5.49. The number of anilines is 1. The van der Waals surface area contributed by atoms with Crippen molar-refractivity contribution in [3.05, 3.63) is 42.1 Å². The Kier molecular flexibility index (Phi) is 4.65. The molecule has 3 nitrogen and oxygen atoms in total. The molecule has 3 aliphatic rings.